The number of aryl methyl sites for hydroxylation is 1. The fourth-order valence-corrected chi connectivity index (χ4v) is 5.33. The van der Waals surface area contributed by atoms with Crippen molar-refractivity contribution >= 4 is 20.1 Å². The number of sulfonamides is 1. The molecule has 1 aliphatic heterocycles. The predicted molar refractivity (Wildman–Crippen MR) is 111 cm³/mol. The Morgan fingerprint density at radius 2 is 1.62 bits per heavy atom. The second-order valence-corrected chi connectivity index (χ2v) is 10.8. The van der Waals surface area contributed by atoms with Gasteiger partial charge in [0.1, 0.15) is 6.23 Å². The molecule has 3 rings (SSSR count). The van der Waals surface area contributed by atoms with Crippen LogP contribution in [0.2, 0.25) is 0 Å². The van der Waals surface area contributed by atoms with Crippen LogP contribution in [0.5, 0.6) is 0 Å². The number of hydrogen-bond acceptors (Lipinski definition) is 6. The summed E-state index contributed by atoms with van der Waals surface area (Å²) < 4.78 is 93.6. The molecule has 12 heteroatoms. The molecule has 0 spiro atoms. The van der Waals surface area contributed by atoms with Crippen LogP contribution in [0, 0.1) is 6.92 Å². The second-order valence-electron chi connectivity index (χ2n) is 7.57. The van der Waals surface area contributed by atoms with E-state index in [1.54, 1.807) is 42.5 Å². The van der Waals surface area contributed by atoms with Gasteiger partial charge in [-0.25, -0.2) is 17.3 Å². The largest absolute Gasteiger partial charge is 0.523 e. The number of piperidine rings is 1. The number of halogens is 3. The first-order valence-corrected chi connectivity index (χ1v) is 12.6. The van der Waals surface area contributed by atoms with Crippen LogP contribution in [0.4, 0.5) is 13.2 Å². The number of alkyl halides is 3. The lowest BCUT2D eigenvalue weighted by Gasteiger charge is -2.37. The molecule has 0 aliphatic carbocycles. The molecule has 32 heavy (non-hydrogen) atoms. The molecule has 2 aromatic rings. The summed E-state index contributed by atoms with van der Waals surface area (Å²) in [7, 11) is -9.70. The average Bonchev–Trinajstić information content (AvgIpc) is 2.70. The molecule has 0 amide bonds. The molecule has 0 radical (unpaired) electrons. The Bertz CT molecular complexity index is 1120. The third-order valence-corrected chi connectivity index (χ3v) is 7.65. The summed E-state index contributed by atoms with van der Waals surface area (Å²) in [6.45, 7) is 1.82. The third-order valence-electron chi connectivity index (χ3n) is 5.09. The van der Waals surface area contributed by atoms with Gasteiger partial charge >= 0.3 is 15.6 Å². The molecule has 3 unspecified atom stereocenters. The van der Waals surface area contributed by atoms with Gasteiger partial charge < -0.3 is 0 Å². The lowest BCUT2D eigenvalue weighted by molar-refractivity contribution is -0.0607. The predicted octanol–water partition coefficient (Wildman–Crippen LogP) is 2.83. The fourth-order valence-electron chi connectivity index (χ4n) is 3.45. The molecule has 1 heterocycles. The van der Waals surface area contributed by atoms with Crippen LogP contribution in [-0.2, 0) is 30.7 Å². The Morgan fingerprint density at radius 1 is 1.00 bits per heavy atom. The molecule has 2 N–H and O–H groups in total. The lowest BCUT2D eigenvalue weighted by atomic mass is 9.93. The summed E-state index contributed by atoms with van der Waals surface area (Å²) >= 11 is 0. The van der Waals surface area contributed by atoms with Crippen LogP contribution in [0.15, 0.2) is 59.5 Å². The number of benzene rings is 2. The van der Waals surface area contributed by atoms with Crippen molar-refractivity contribution < 1.29 is 34.2 Å². The SMILES string of the molecule is Cc1ccc(S(=O)(=O)NC2CCC(OS(=O)(=O)C(F)(F)F)NC2Cc2ccccc2)cc1. The first-order valence-electron chi connectivity index (χ1n) is 9.76. The maximum absolute atomic E-state index is 12.8. The van der Waals surface area contributed by atoms with E-state index in [0.29, 0.717) is 0 Å². The van der Waals surface area contributed by atoms with E-state index in [1.165, 1.54) is 12.1 Å². The first-order chi connectivity index (χ1) is 14.9. The highest BCUT2D eigenvalue weighted by Gasteiger charge is 2.49. The topological polar surface area (TPSA) is 102 Å². The Hall–Kier alpha value is -1.99. The van der Waals surface area contributed by atoms with Crippen molar-refractivity contribution in [3.63, 3.8) is 0 Å². The normalized spacial score (nSPS) is 22.6. The fraction of sp³-hybridized carbons (Fsp3) is 0.400. The van der Waals surface area contributed by atoms with Crippen molar-refractivity contribution in [2.45, 2.75) is 54.9 Å². The van der Waals surface area contributed by atoms with E-state index in [-0.39, 0.29) is 24.2 Å². The molecule has 7 nitrogen and oxygen atoms in total. The summed E-state index contributed by atoms with van der Waals surface area (Å²) in [6, 6.07) is 13.7. The maximum atomic E-state index is 12.8. The highest BCUT2D eigenvalue weighted by Crippen LogP contribution is 2.28. The lowest BCUT2D eigenvalue weighted by Crippen LogP contribution is -2.58. The van der Waals surface area contributed by atoms with Gasteiger partial charge in [-0.1, -0.05) is 48.0 Å². The monoisotopic (exact) mass is 492 g/mol. The molecule has 1 saturated heterocycles. The quantitative estimate of drug-likeness (QED) is 0.455. The molecule has 0 aromatic heterocycles. The molecule has 2 aromatic carbocycles. The standard InChI is InChI=1S/C20H23F3N2O5S2/c1-14-7-9-16(10-8-14)31(26,27)25-17-11-12-19(30-32(28,29)20(21,22)23)24-18(17)13-15-5-3-2-4-6-15/h2-10,17-19,24-25H,11-13H2,1H3. The van der Waals surface area contributed by atoms with E-state index in [1.807, 2.05) is 6.92 Å². The Balaban J connectivity index is 1.81. The van der Waals surface area contributed by atoms with Gasteiger partial charge in [-0.05, 0) is 43.9 Å². The number of hydrogen-bond donors (Lipinski definition) is 2. The smallest absolute Gasteiger partial charge is 0.286 e. The third kappa shape index (κ3) is 6.07. The number of nitrogens with one attached hydrogen (secondary N) is 2. The van der Waals surface area contributed by atoms with Crippen LogP contribution >= 0.6 is 0 Å². The first kappa shape index (κ1) is 24.6. The van der Waals surface area contributed by atoms with E-state index in [2.05, 4.69) is 14.2 Å². The highest BCUT2D eigenvalue weighted by atomic mass is 32.2. The molecular formula is C20H23F3N2O5S2. The van der Waals surface area contributed by atoms with Crippen molar-refractivity contribution in [2.24, 2.45) is 0 Å². The van der Waals surface area contributed by atoms with Gasteiger partial charge in [-0.3, -0.25) is 5.32 Å². The van der Waals surface area contributed by atoms with E-state index in [4.69, 9.17) is 0 Å². The minimum absolute atomic E-state index is 0.0552. The molecule has 1 fully saturated rings. The molecule has 1 aliphatic rings. The zero-order valence-electron chi connectivity index (χ0n) is 17.0. The van der Waals surface area contributed by atoms with E-state index < -0.39 is 44.0 Å². The molecular weight excluding hydrogens is 469 g/mol. The minimum Gasteiger partial charge on any atom is -0.286 e. The van der Waals surface area contributed by atoms with Crippen LogP contribution in [0.1, 0.15) is 24.0 Å². The van der Waals surface area contributed by atoms with Crippen LogP contribution in [0.25, 0.3) is 0 Å². The van der Waals surface area contributed by atoms with Gasteiger partial charge in [0.05, 0.1) is 4.90 Å². The second kappa shape index (κ2) is 9.48. The maximum Gasteiger partial charge on any atom is 0.523 e. The summed E-state index contributed by atoms with van der Waals surface area (Å²) in [5, 5.41) is 2.74. The van der Waals surface area contributed by atoms with Gasteiger partial charge in [-0.2, -0.15) is 21.6 Å². The van der Waals surface area contributed by atoms with Crippen LogP contribution < -0.4 is 10.0 Å². The van der Waals surface area contributed by atoms with Crippen molar-refractivity contribution in [3.8, 4) is 0 Å². The molecule has 0 bridgehead atoms. The van der Waals surface area contributed by atoms with Crippen LogP contribution in [0.3, 0.4) is 0 Å². The Morgan fingerprint density at radius 3 is 2.22 bits per heavy atom. The average molecular weight is 493 g/mol. The van der Waals surface area contributed by atoms with Gasteiger partial charge in [-0.15, -0.1) is 0 Å². The van der Waals surface area contributed by atoms with Gasteiger partial charge in [0.25, 0.3) is 0 Å². The van der Waals surface area contributed by atoms with E-state index >= 15 is 0 Å². The molecule has 176 valence electrons. The van der Waals surface area contributed by atoms with Gasteiger partial charge in [0.15, 0.2) is 0 Å². The zero-order chi connectivity index (χ0) is 23.6. The van der Waals surface area contributed by atoms with Crippen molar-refractivity contribution in [3.05, 3.63) is 65.7 Å². The summed E-state index contributed by atoms with van der Waals surface area (Å²) in [6.07, 6.45) is -1.25. The zero-order valence-corrected chi connectivity index (χ0v) is 18.7. The van der Waals surface area contributed by atoms with Crippen molar-refractivity contribution in [1.82, 2.24) is 10.0 Å². The Labute approximate surface area is 185 Å². The summed E-state index contributed by atoms with van der Waals surface area (Å²) in [5.41, 5.74) is -3.87. The summed E-state index contributed by atoms with van der Waals surface area (Å²) in [5.74, 6) is 0. The van der Waals surface area contributed by atoms with Crippen molar-refractivity contribution in [1.29, 1.82) is 0 Å². The van der Waals surface area contributed by atoms with Gasteiger partial charge in [0, 0.05) is 12.1 Å². The summed E-state index contributed by atoms with van der Waals surface area (Å²) in [4.78, 5) is 0.0552. The van der Waals surface area contributed by atoms with E-state index in [0.717, 1.165) is 11.1 Å². The van der Waals surface area contributed by atoms with Gasteiger partial charge in [0.2, 0.25) is 10.0 Å². The van der Waals surface area contributed by atoms with E-state index in [9.17, 15) is 30.0 Å². The molecule has 3 atom stereocenters. The minimum atomic E-state index is -5.79. The van der Waals surface area contributed by atoms with Crippen LogP contribution in [-0.4, -0.2) is 40.7 Å². The highest BCUT2D eigenvalue weighted by molar-refractivity contribution is 7.89. The Kier molecular flexibility index (Phi) is 7.30. The number of rotatable bonds is 7. The molecule has 0 saturated carbocycles. The van der Waals surface area contributed by atoms with Crippen molar-refractivity contribution in [2.75, 3.05) is 0 Å².